The average Bonchev–Trinajstić information content (AvgIpc) is 3.43. The molecule has 9 heteroatoms. The van der Waals surface area contributed by atoms with E-state index in [1.54, 1.807) is 105 Å². The topological polar surface area (TPSA) is 107 Å². The van der Waals surface area contributed by atoms with Gasteiger partial charge in [0.25, 0.3) is 0 Å². The van der Waals surface area contributed by atoms with Crippen molar-refractivity contribution < 1.29 is 42.8 Å². The van der Waals surface area contributed by atoms with Gasteiger partial charge in [-0.2, -0.15) is 0 Å². The zero-order valence-electron chi connectivity index (χ0n) is 21.4. The van der Waals surface area contributed by atoms with Crippen molar-refractivity contribution in [1.29, 1.82) is 0 Å². The molecule has 2 aliphatic rings. The fraction of sp³-hybridized carbons (Fsp3) is 0.300. The van der Waals surface area contributed by atoms with E-state index in [-0.39, 0.29) is 6.61 Å². The Morgan fingerprint density at radius 3 is 1.82 bits per heavy atom. The first-order chi connectivity index (χ1) is 18.8. The third kappa shape index (κ3) is 6.17. The molecule has 3 aromatic carbocycles. The van der Waals surface area contributed by atoms with Gasteiger partial charge in [-0.05, 0) is 50.2 Å². The molecule has 3 aromatic rings. The average molecular weight is 533 g/mol. The van der Waals surface area contributed by atoms with Crippen LogP contribution in [-0.2, 0) is 28.4 Å². The quantitative estimate of drug-likeness (QED) is 0.312. The van der Waals surface area contributed by atoms with Gasteiger partial charge in [-0.3, -0.25) is 0 Å². The molecule has 202 valence electrons. The van der Waals surface area contributed by atoms with Gasteiger partial charge in [-0.25, -0.2) is 14.4 Å². The second-order valence-corrected chi connectivity index (χ2v) is 9.58. The van der Waals surface area contributed by atoms with Gasteiger partial charge in [0.05, 0.1) is 16.7 Å². The second kappa shape index (κ2) is 11.4. The van der Waals surface area contributed by atoms with Crippen molar-refractivity contribution in [1.82, 2.24) is 0 Å². The third-order valence-corrected chi connectivity index (χ3v) is 6.30. The summed E-state index contributed by atoms with van der Waals surface area (Å²) in [7, 11) is 0. The number of ether oxygens (including phenoxy) is 6. The van der Waals surface area contributed by atoms with Crippen LogP contribution in [0.2, 0.25) is 0 Å². The fourth-order valence-corrected chi connectivity index (χ4v) is 4.49. The molecule has 0 amide bonds. The minimum atomic E-state index is -1.15. The molecule has 2 saturated heterocycles. The Labute approximate surface area is 225 Å². The van der Waals surface area contributed by atoms with Crippen molar-refractivity contribution >= 4 is 17.9 Å². The SMILES string of the molecule is CC1(C)O[C@H]2O[C@H]([C@@H](COC(=O)c3ccccc3)OC(=O)c3ccccc3)[C@@H](OC(=O)c3ccccc3)[C@H]2O1. The number of hydrogen-bond donors (Lipinski definition) is 0. The summed E-state index contributed by atoms with van der Waals surface area (Å²) < 4.78 is 35.2. The Bertz CT molecular complexity index is 1290. The zero-order valence-corrected chi connectivity index (χ0v) is 21.4. The minimum absolute atomic E-state index is 0.293. The van der Waals surface area contributed by atoms with E-state index in [1.807, 2.05) is 0 Å². The van der Waals surface area contributed by atoms with E-state index in [9.17, 15) is 14.4 Å². The predicted molar refractivity (Wildman–Crippen MR) is 137 cm³/mol. The maximum absolute atomic E-state index is 13.0. The molecule has 39 heavy (non-hydrogen) atoms. The third-order valence-electron chi connectivity index (χ3n) is 6.30. The molecule has 2 aliphatic heterocycles. The molecule has 0 saturated carbocycles. The summed E-state index contributed by atoms with van der Waals surface area (Å²) in [6, 6.07) is 25.2. The molecule has 0 radical (unpaired) electrons. The summed E-state index contributed by atoms with van der Waals surface area (Å²) >= 11 is 0. The number of carbonyl (C=O) groups excluding carboxylic acids is 3. The van der Waals surface area contributed by atoms with Gasteiger partial charge in [-0.15, -0.1) is 0 Å². The molecule has 0 aromatic heterocycles. The van der Waals surface area contributed by atoms with Gasteiger partial charge in [0.15, 0.2) is 30.4 Å². The van der Waals surface area contributed by atoms with Gasteiger partial charge in [-0.1, -0.05) is 54.6 Å². The summed E-state index contributed by atoms with van der Waals surface area (Å²) in [5.41, 5.74) is 0.947. The molecule has 5 atom stereocenters. The lowest BCUT2D eigenvalue weighted by Crippen LogP contribution is -2.47. The minimum Gasteiger partial charge on any atom is -0.458 e. The van der Waals surface area contributed by atoms with Gasteiger partial charge in [0.1, 0.15) is 12.7 Å². The normalized spacial score (nSPS) is 23.8. The summed E-state index contributed by atoms with van der Waals surface area (Å²) in [4.78, 5) is 38.8. The maximum Gasteiger partial charge on any atom is 0.338 e. The van der Waals surface area contributed by atoms with Crippen LogP contribution in [-0.4, -0.2) is 61.0 Å². The predicted octanol–water partition coefficient (Wildman–Crippen LogP) is 4.17. The van der Waals surface area contributed by atoms with Crippen molar-refractivity contribution in [3.8, 4) is 0 Å². The van der Waals surface area contributed by atoms with Crippen molar-refractivity contribution in [2.45, 2.75) is 50.3 Å². The number of hydrogen-bond acceptors (Lipinski definition) is 9. The van der Waals surface area contributed by atoms with Crippen LogP contribution in [0.5, 0.6) is 0 Å². The van der Waals surface area contributed by atoms with E-state index in [0.29, 0.717) is 16.7 Å². The van der Waals surface area contributed by atoms with E-state index in [0.717, 1.165) is 0 Å². The summed E-state index contributed by atoms with van der Waals surface area (Å²) in [6.07, 6.45) is -4.95. The van der Waals surface area contributed by atoms with E-state index < -0.39 is 54.4 Å². The van der Waals surface area contributed by atoms with Crippen molar-refractivity contribution in [2.75, 3.05) is 6.61 Å². The van der Waals surface area contributed by atoms with E-state index in [1.165, 1.54) is 0 Å². The standard InChI is InChI=1S/C30H28O9/c1-30(2)38-25-24(36-28(33)21-16-10-5-11-17-21)23(37-29(25)39-30)22(35-27(32)20-14-8-4-9-15-20)18-34-26(31)19-12-6-3-7-13-19/h3-17,22-25,29H,18H2,1-2H3/t22-,23-,24-,25-,29-/m1/s1. The highest BCUT2D eigenvalue weighted by Gasteiger charge is 2.59. The van der Waals surface area contributed by atoms with Crippen molar-refractivity contribution in [3.05, 3.63) is 108 Å². The second-order valence-electron chi connectivity index (χ2n) is 9.58. The molecule has 0 N–H and O–H groups in total. The Balaban J connectivity index is 1.41. The maximum atomic E-state index is 13.0. The van der Waals surface area contributed by atoms with Crippen LogP contribution in [0, 0.1) is 0 Å². The largest absolute Gasteiger partial charge is 0.458 e. The first kappa shape index (κ1) is 26.6. The molecule has 0 aliphatic carbocycles. The van der Waals surface area contributed by atoms with Crippen molar-refractivity contribution in [3.63, 3.8) is 0 Å². The number of carbonyl (C=O) groups is 3. The molecule has 5 rings (SSSR count). The number of rotatable bonds is 8. The van der Waals surface area contributed by atoms with Crippen LogP contribution in [0.25, 0.3) is 0 Å². The van der Waals surface area contributed by atoms with Crippen LogP contribution in [0.15, 0.2) is 91.0 Å². The van der Waals surface area contributed by atoms with E-state index >= 15 is 0 Å². The van der Waals surface area contributed by atoms with E-state index in [4.69, 9.17) is 28.4 Å². The fourth-order valence-electron chi connectivity index (χ4n) is 4.49. The lowest BCUT2D eigenvalue weighted by Gasteiger charge is -2.30. The molecular weight excluding hydrogens is 504 g/mol. The van der Waals surface area contributed by atoms with Crippen LogP contribution in [0.4, 0.5) is 0 Å². The monoisotopic (exact) mass is 532 g/mol. The Morgan fingerprint density at radius 1 is 0.744 bits per heavy atom. The van der Waals surface area contributed by atoms with Crippen molar-refractivity contribution in [2.24, 2.45) is 0 Å². The summed E-state index contributed by atoms with van der Waals surface area (Å²) in [6.45, 7) is 3.07. The lowest BCUT2D eigenvalue weighted by atomic mass is 10.1. The van der Waals surface area contributed by atoms with Gasteiger partial charge in [0, 0.05) is 0 Å². The highest BCUT2D eigenvalue weighted by Crippen LogP contribution is 2.40. The Kier molecular flexibility index (Phi) is 7.74. The molecule has 2 heterocycles. The van der Waals surface area contributed by atoms with Crippen LogP contribution in [0.3, 0.4) is 0 Å². The Morgan fingerprint density at radius 2 is 1.26 bits per heavy atom. The van der Waals surface area contributed by atoms with E-state index in [2.05, 4.69) is 0 Å². The first-order valence-electron chi connectivity index (χ1n) is 12.6. The zero-order chi connectivity index (χ0) is 27.4. The van der Waals surface area contributed by atoms with Gasteiger partial charge < -0.3 is 28.4 Å². The lowest BCUT2D eigenvalue weighted by molar-refractivity contribution is -0.227. The number of fused-ring (bicyclic) bond motifs is 1. The van der Waals surface area contributed by atoms with Gasteiger partial charge >= 0.3 is 17.9 Å². The molecule has 0 spiro atoms. The summed E-state index contributed by atoms with van der Waals surface area (Å²) in [5, 5.41) is 0. The van der Waals surface area contributed by atoms with Crippen LogP contribution < -0.4 is 0 Å². The molecule has 2 fully saturated rings. The molecule has 9 nitrogen and oxygen atoms in total. The molecule has 0 unspecified atom stereocenters. The highest BCUT2D eigenvalue weighted by molar-refractivity contribution is 5.90. The smallest absolute Gasteiger partial charge is 0.338 e. The highest BCUT2D eigenvalue weighted by atomic mass is 16.8. The number of benzene rings is 3. The van der Waals surface area contributed by atoms with Crippen LogP contribution >= 0.6 is 0 Å². The van der Waals surface area contributed by atoms with Crippen LogP contribution in [0.1, 0.15) is 44.9 Å². The first-order valence-corrected chi connectivity index (χ1v) is 12.6. The molecule has 0 bridgehead atoms. The van der Waals surface area contributed by atoms with Gasteiger partial charge in [0.2, 0.25) is 0 Å². The molecular formula is C30H28O9. The number of esters is 3. The Hall–Kier alpha value is -4.05. The summed E-state index contributed by atoms with van der Waals surface area (Å²) in [5.74, 6) is -2.88.